The van der Waals surface area contributed by atoms with E-state index in [0.29, 0.717) is 5.56 Å². The van der Waals surface area contributed by atoms with E-state index >= 15 is 0 Å². The van der Waals surface area contributed by atoms with Gasteiger partial charge in [-0.05, 0) is 24.6 Å². The van der Waals surface area contributed by atoms with E-state index in [1.165, 1.54) is 19.2 Å². The van der Waals surface area contributed by atoms with Crippen LogP contribution in [0.3, 0.4) is 0 Å². The third-order valence-electron chi connectivity index (χ3n) is 1.77. The summed E-state index contributed by atoms with van der Waals surface area (Å²) in [7, 11) is 0. The highest BCUT2D eigenvalue weighted by atomic mass is 19.4. The van der Waals surface area contributed by atoms with E-state index in [1.54, 1.807) is 6.07 Å². The highest BCUT2D eigenvalue weighted by molar-refractivity contribution is 6.64. The van der Waals surface area contributed by atoms with Gasteiger partial charge in [-0.1, -0.05) is 6.08 Å². The molecule has 0 aromatic carbocycles. The number of hydrogen-bond acceptors (Lipinski definition) is 2. The summed E-state index contributed by atoms with van der Waals surface area (Å²) in [6.45, 7) is -3.40. The molecule has 2 nitrogen and oxygen atoms in total. The van der Waals surface area contributed by atoms with Crippen LogP contribution >= 0.6 is 0 Å². The molecule has 1 atom stereocenters. The Labute approximate surface area is 85.5 Å². The molecule has 0 aliphatic carbocycles. The normalized spacial score (nSPS) is 14.5. The Balaban J connectivity index is 2.87. The molecule has 0 radical (unpaired) electrons. The molecule has 1 aromatic heterocycles. The smallest absolute Gasteiger partial charge is 0.445 e. The zero-order valence-corrected chi connectivity index (χ0v) is 8.07. The van der Waals surface area contributed by atoms with Crippen LogP contribution in [0.1, 0.15) is 24.3 Å². The van der Waals surface area contributed by atoms with Crippen molar-refractivity contribution in [1.29, 1.82) is 0 Å². The fraction of sp³-hybridized carbons (Fsp3) is 0.222. The van der Waals surface area contributed by atoms with E-state index in [0.717, 1.165) is 6.08 Å². The number of aliphatic hydroxyl groups is 1. The van der Waals surface area contributed by atoms with Gasteiger partial charge in [0.05, 0.1) is 11.8 Å². The Kier molecular flexibility index (Phi) is 3.52. The third kappa shape index (κ3) is 4.16. The number of aliphatic hydroxyl groups excluding tert-OH is 1. The Morgan fingerprint density at radius 1 is 1.47 bits per heavy atom. The van der Waals surface area contributed by atoms with Crippen LogP contribution in [0.25, 0.3) is 6.08 Å². The van der Waals surface area contributed by atoms with Crippen molar-refractivity contribution in [3.8, 4) is 0 Å². The summed E-state index contributed by atoms with van der Waals surface area (Å²) < 4.78 is 35.7. The van der Waals surface area contributed by atoms with Crippen LogP contribution < -0.4 is 0 Å². The lowest BCUT2D eigenvalue weighted by Gasteiger charge is -2.07. The second-order valence-electron chi connectivity index (χ2n) is 3.17. The van der Waals surface area contributed by atoms with Crippen LogP contribution in [0.15, 0.2) is 24.3 Å². The molecular formula is C9H10BF3NO-. The maximum absolute atomic E-state index is 11.9. The number of aromatic nitrogens is 1. The lowest BCUT2D eigenvalue weighted by atomic mass is 9.91. The minimum Gasteiger partial charge on any atom is -0.445 e. The molecule has 82 valence electrons. The minimum atomic E-state index is -4.94. The Hall–Kier alpha value is -1.30. The number of hydrogen-bond donors (Lipinski definition) is 1. The van der Waals surface area contributed by atoms with Crippen molar-refractivity contribution in [2.75, 3.05) is 0 Å². The average Bonchev–Trinajstić information content (AvgIpc) is 2.14. The van der Waals surface area contributed by atoms with Crippen LogP contribution in [0.4, 0.5) is 12.9 Å². The Morgan fingerprint density at radius 2 is 2.13 bits per heavy atom. The van der Waals surface area contributed by atoms with Crippen molar-refractivity contribution in [3.05, 3.63) is 35.6 Å². The van der Waals surface area contributed by atoms with Gasteiger partial charge in [-0.2, -0.15) is 0 Å². The molecule has 15 heavy (non-hydrogen) atoms. The van der Waals surface area contributed by atoms with Crippen LogP contribution in [0.2, 0.25) is 0 Å². The van der Waals surface area contributed by atoms with Crippen molar-refractivity contribution in [2.45, 2.75) is 13.0 Å². The second kappa shape index (κ2) is 4.48. The first-order valence-corrected chi connectivity index (χ1v) is 4.42. The molecule has 1 N–H and O–H groups in total. The van der Waals surface area contributed by atoms with Crippen LogP contribution in [0.5, 0.6) is 0 Å². The first kappa shape index (κ1) is 11.8. The molecule has 0 saturated heterocycles. The van der Waals surface area contributed by atoms with Gasteiger partial charge in [0.1, 0.15) is 0 Å². The molecule has 0 aliphatic rings. The first-order valence-electron chi connectivity index (χ1n) is 4.42. The summed E-state index contributed by atoms with van der Waals surface area (Å²) in [6.07, 6.45) is 1.55. The lowest BCUT2D eigenvalue weighted by Crippen LogP contribution is -2.09. The standard InChI is InChI=1S/C9H10BF3NO/c1-7(15)8-3-5-14-9(6-8)2-4-10(11,12)13/h2-7,15H,1H3/q-1/b4-2+. The Bertz CT molecular complexity index is 363. The number of halogens is 3. The first-order chi connectivity index (χ1) is 6.88. The van der Waals surface area contributed by atoms with Gasteiger partial charge in [-0.3, -0.25) is 4.98 Å². The zero-order chi connectivity index (χ0) is 11.5. The van der Waals surface area contributed by atoms with Gasteiger partial charge in [0, 0.05) is 6.20 Å². The van der Waals surface area contributed by atoms with E-state index in [-0.39, 0.29) is 11.7 Å². The molecular weight excluding hydrogens is 206 g/mol. The fourth-order valence-corrected chi connectivity index (χ4v) is 1.02. The number of nitrogens with zero attached hydrogens (tertiary/aromatic N) is 1. The maximum Gasteiger partial charge on any atom is 0.502 e. The van der Waals surface area contributed by atoms with E-state index in [4.69, 9.17) is 0 Å². The van der Waals surface area contributed by atoms with Gasteiger partial charge in [-0.15, -0.1) is 5.98 Å². The number of rotatable bonds is 3. The van der Waals surface area contributed by atoms with E-state index in [2.05, 4.69) is 4.98 Å². The van der Waals surface area contributed by atoms with Crippen molar-refractivity contribution >= 4 is 13.1 Å². The Morgan fingerprint density at radius 3 is 2.67 bits per heavy atom. The van der Waals surface area contributed by atoms with E-state index in [1.807, 2.05) is 0 Å². The van der Waals surface area contributed by atoms with Gasteiger partial charge in [0.25, 0.3) is 0 Å². The molecule has 0 amide bonds. The van der Waals surface area contributed by atoms with Gasteiger partial charge in [0.2, 0.25) is 0 Å². The van der Waals surface area contributed by atoms with Gasteiger partial charge < -0.3 is 18.1 Å². The molecule has 1 unspecified atom stereocenters. The fourth-order valence-electron chi connectivity index (χ4n) is 1.02. The van der Waals surface area contributed by atoms with Gasteiger partial charge >= 0.3 is 6.98 Å². The molecule has 1 heterocycles. The number of pyridine rings is 1. The van der Waals surface area contributed by atoms with Crippen molar-refractivity contribution < 1.29 is 18.1 Å². The SMILES string of the molecule is CC(O)c1ccnc(/C=C/[B-](F)(F)F)c1. The molecule has 0 saturated carbocycles. The molecule has 6 heteroatoms. The lowest BCUT2D eigenvalue weighted by molar-refractivity contribution is 0.199. The molecule has 1 aromatic rings. The monoisotopic (exact) mass is 216 g/mol. The largest absolute Gasteiger partial charge is 0.502 e. The summed E-state index contributed by atoms with van der Waals surface area (Å²) in [6, 6.07) is 2.98. The van der Waals surface area contributed by atoms with E-state index in [9.17, 15) is 18.1 Å². The summed E-state index contributed by atoms with van der Waals surface area (Å²) in [5.41, 5.74) is 0.729. The summed E-state index contributed by atoms with van der Waals surface area (Å²) in [5.74, 6) is 0.175. The second-order valence-corrected chi connectivity index (χ2v) is 3.17. The van der Waals surface area contributed by atoms with Crippen LogP contribution in [-0.4, -0.2) is 17.1 Å². The van der Waals surface area contributed by atoms with Crippen molar-refractivity contribution in [1.82, 2.24) is 4.98 Å². The minimum absolute atomic E-state index is 0.175. The maximum atomic E-state index is 11.9. The highest BCUT2D eigenvalue weighted by Crippen LogP contribution is 2.15. The van der Waals surface area contributed by atoms with Crippen molar-refractivity contribution in [2.24, 2.45) is 0 Å². The topological polar surface area (TPSA) is 33.1 Å². The summed E-state index contributed by atoms with van der Waals surface area (Å²) in [5, 5.41) is 9.21. The molecule has 0 bridgehead atoms. The van der Waals surface area contributed by atoms with Crippen molar-refractivity contribution in [3.63, 3.8) is 0 Å². The summed E-state index contributed by atoms with van der Waals surface area (Å²) in [4.78, 5) is 3.74. The van der Waals surface area contributed by atoms with Gasteiger partial charge in [0.15, 0.2) is 0 Å². The summed E-state index contributed by atoms with van der Waals surface area (Å²) >= 11 is 0. The van der Waals surface area contributed by atoms with E-state index < -0.39 is 13.1 Å². The third-order valence-corrected chi connectivity index (χ3v) is 1.77. The highest BCUT2D eigenvalue weighted by Gasteiger charge is 2.17. The average molecular weight is 216 g/mol. The van der Waals surface area contributed by atoms with Crippen LogP contribution in [0, 0.1) is 0 Å². The zero-order valence-electron chi connectivity index (χ0n) is 8.07. The molecule has 0 fully saturated rings. The van der Waals surface area contributed by atoms with Gasteiger partial charge in [-0.25, -0.2) is 0 Å². The quantitative estimate of drug-likeness (QED) is 0.787. The molecule has 1 rings (SSSR count). The predicted molar refractivity (Wildman–Crippen MR) is 53.0 cm³/mol. The molecule has 0 aliphatic heterocycles. The predicted octanol–water partition coefficient (Wildman–Crippen LogP) is 2.53. The molecule has 0 spiro atoms. The van der Waals surface area contributed by atoms with Crippen LogP contribution in [-0.2, 0) is 0 Å².